The van der Waals surface area contributed by atoms with Gasteiger partial charge in [0, 0.05) is 17.4 Å². The van der Waals surface area contributed by atoms with Crippen LogP contribution in [0.4, 0.5) is 0 Å². The quantitative estimate of drug-likeness (QED) is 0.703. The molecule has 70 valence electrons. The lowest BCUT2D eigenvalue weighted by atomic mass is 10.0. The van der Waals surface area contributed by atoms with Crippen molar-refractivity contribution in [3.63, 3.8) is 0 Å². The molecule has 1 rings (SSSR count). The average molecular weight is 204 g/mol. The minimum absolute atomic E-state index is 0.251. The third-order valence-corrected chi connectivity index (χ3v) is 4.65. The maximum absolute atomic E-state index is 10.7. The standard InChI is InChI=1S/C9H16OS2/c1-8(10)11-7-5-9(2)4-3-6-12-9/h3-7H2,1-2H3. The van der Waals surface area contributed by atoms with E-state index in [-0.39, 0.29) is 5.12 Å². The fourth-order valence-corrected chi connectivity index (χ4v) is 3.73. The number of hydrogen-bond donors (Lipinski definition) is 0. The molecule has 1 nitrogen and oxygen atoms in total. The fourth-order valence-electron chi connectivity index (χ4n) is 1.44. The van der Waals surface area contributed by atoms with Gasteiger partial charge in [0.25, 0.3) is 0 Å². The van der Waals surface area contributed by atoms with Crippen molar-refractivity contribution in [1.29, 1.82) is 0 Å². The smallest absolute Gasteiger partial charge is 0.185 e. The maximum atomic E-state index is 10.7. The van der Waals surface area contributed by atoms with E-state index in [0.29, 0.717) is 4.75 Å². The molecule has 0 saturated carbocycles. The summed E-state index contributed by atoms with van der Waals surface area (Å²) in [4.78, 5) is 10.7. The Morgan fingerprint density at radius 2 is 2.42 bits per heavy atom. The zero-order valence-electron chi connectivity index (χ0n) is 7.76. The SMILES string of the molecule is CC(=O)SCCC1(C)CCCS1. The predicted octanol–water partition coefficient (Wildman–Crippen LogP) is 2.94. The van der Waals surface area contributed by atoms with Crippen molar-refractivity contribution in [1.82, 2.24) is 0 Å². The highest BCUT2D eigenvalue weighted by atomic mass is 32.2. The minimum atomic E-state index is 0.251. The third-order valence-electron chi connectivity index (χ3n) is 2.24. The van der Waals surface area contributed by atoms with Crippen LogP contribution in [0.2, 0.25) is 0 Å². The largest absolute Gasteiger partial charge is 0.288 e. The van der Waals surface area contributed by atoms with Gasteiger partial charge in [-0.1, -0.05) is 18.7 Å². The minimum Gasteiger partial charge on any atom is -0.288 e. The van der Waals surface area contributed by atoms with Gasteiger partial charge in [-0.15, -0.1) is 0 Å². The number of rotatable bonds is 3. The van der Waals surface area contributed by atoms with Gasteiger partial charge in [0.2, 0.25) is 0 Å². The van der Waals surface area contributed by atoms with Gasteiger partial charge in [-0.3, -0.25) is 4.79 Å². The molecule has 0 aliphatic carbocycles. The molecule has 1 heterocycles. The molecule has 0 N–H and O–H groups in total. The lowest BCUT2D eigenvalue weighted by Crippen LogP contribution is -2.16. The Hall–Kier alpha value is 0.370. The van der Waals surface area contributed by atoms with Gasteiger partial charge >= 0.3 is 0 Å². The van der Waals surface area contributed by atoms with Gasteiger partial charge < -0.3 is 0 Å². The lowest BCUT2D eigenvalue weighted by molar-refractivity contribution is -0.109. The first-order valence-electron chi connectivity index (χ1n) is 4.40. The van der Waals surface area contributed by atoms with Crippen LogP contribution in [0.3, 0.4) is 0 Å². The van der Waals surface area contributed by atoms with Crippen LogP contribution >= 0.6 is 23.5 Å². The zero-order valence-corrected chi connectivity index (χ0v) is 9.39. The van der Waals surface area contributed by atoms with Gasteiger partial charge in [-0.2, -0.15) is 11.8 Å². The van der Waals surface area contributed by atoms with E-state index < -0.39 is 0 Å². The van der Waals surface area contributed by atoms with Crippen LogP contribution < -0.4 is 0 Å². The lowest BCUT2D eigenvalue weighted by Gasteiger charge is -2.21. The van der Waals surface area contributed by atoms with E-state index in [1.807, 2.05) is 0 Å². The molecule has 0 aromatic carbocycles. The van der Waals surface area contributed by atoms with Gasteiger partial charge in [0.05, 0.1) is 0 Å². The first-order valence-corrected chi connectivity index (χ1v) is 6.37. The molecule has 1 unspecified atom stereocenters. The molecule has 1 aliphatic heterocycles. The van der Waals surface area contributed by atoms with E-state index in [1.54, 1.807) is 6.92 Å². The summed E-state index contributed by atoms with van der Waals surface area (Å²) in [6, 6.07) is 0. The molecular formula is C9H16OS2. The first kappa shape index (κ1) is 10.5. The Morgan fingerprint density at radius 3 is 2.92 bits per heavy atom. The van der Waals surface area contributed by atoms with Crippen LogP contribution in [-0.2, 0) is 4.79 Å². The monoisotopic (exact) mass is 204 g/mol. The van der Waals surface area contributed by atoms with Crippen molar-refractivity contribution in [3.05, 3.63) is 0 Å². The second-order valence-corrected chi connectivity index (χ2v) is 6.45. The summed E-state index contributed by atoms with van der Waals surface area (Å²) < 4.78 is 0.475. The Balaban J connectivity index is 2.17. The molecular weight excluding hydrogens is 188 g/mol. The van der Waals surface area contributed by atoms with Crippen LogP contribution in [0.5, 0.6) is 0 Å². The normalized spacial score (nSPS) is 29.2. The molecule has 1 fully saturated rings. The van der Waals surface area contributed by atoms with Crippen LogP contribution in [-0.4, -0.2) is 21.4 Å². The highest BCUT2D eigenvalue weighted by molar-refractivity contribution is 8.13. The van der Waals surface area contributed by atoms with Crippen LogP contribution in [0.1, 0.15) is 33.1 Å². The number of carbonyl (C=O) groups excluding carboxylic acids is 1. The van der Waals surface area contributed by atoms with Crippen molar-refractivity contribution >= 4 is 28.6 Å². The van der Waals surface area contributed by atoms with Crippen molar-refractivity contribution in [2.75, 3.05) is 11.5 Å². The second-order valence-electron chi connectivity index (χ2n) is 3.49. The average Bonchev–Trinajstić information content (AvgIpc) is 2.35. The molecule has 0 spiro atoms. The molecule has 0 radical (unpaired) electrons. The summed E-state index contributed by atoms with van der Waals surface area (Å²) in [5.74, 6) is 2.31. The van der Waals surface area contributed by atoms with E-state index in [1.165, 1.54) is 36.8 Å². The molecule has 0 bridgehead atoms. The number of hydrogen-bond acceptors (Lipinski definition) is 3. The number of carbonyl (C=O) groups is 1. The van der Waals surface area contributed by atoms with Gasteiger partial charge in [0.15, 0.2) is 5.12 Å². The molecule has 3 heteroatoms. The van der Waals surface area contributed by atoms with E-state index in [2.05, 4.69) is 18.7 Å². The van der Waals surface area contributed by atoms with Gasteiger partial charge in [0.1, 0.15) is 0 Å². The molecule has 1 aliphatic rings. The van der Waals surface area contributed by atoms with E-state index in [9.17, 15) is 4.79 Å². The highest BCUT2D eigenvalue weighted by Crippen LogP contribution is 2.40. The highest BCUT2D eigenvalue weighted by Gasteiger charge is 2.28. The van der Waals surface area contributed by atoms with Gasteiger partial charge in [-0.25, -0.2) is 0 Å². The maximum Gasteiger partial charge on any atom is 0.185 e. The van der Waals surface area contributed by atoms with Crippen molar-refractivity contribution in [2.24, 2.45) is 0 Å². The fraction of sp³-hybridized carbons (Fsp3) is 0.889. The molecule has 1 atom stereocenters. The van der Waals surface area contributed by atoms with Crippen molar-refractivity contribution < 1.29 is 4.79 Å². The molecule has 1 saturated heterocycles. The zero-order chi connectivity index (χ0) is 9.03. The summed E-state index contributed by atoms with van der Waals surface area (Å²) in [5, 5.41) is 0.251. The summed E-state index contributed by atoms with van der Waals surface area (Å²) in [6.45, 7) is 3.97. The summed E-state index contributed by atoms with van der Waals surface area (Å²) in [5.41, 5.74) is 0. The van der Waals surface area contributed by atoms with Gasteiger partial charge in [-0.05, 0) is 25.0 Å². The summed E-state index contributed by atoms with van der Waals surface area (Å²) in [7, 11) is 0. The number of thioether (sulfide) groups is 2. The molecule has 0 amide bonds. The topological polar surface area (TPSA) is 17.1 Å². The summed E-state index contributed by atoms with van der Waals surface area (Å²) >= 11 is 3.54. The molecule has 0 aromatic rings. The van der Waals surface area contributed by atoms with Crippen molar-refractivity contribution in [2.45, 2.75) is 37.9 Å². The van der Waals surface area contributed by atoms with E-state index in [0.717, 1.165) is 5.75 Å². The Kier molecular flexibility index (Phi) is 3.97. The van der Waals surface area contributed by atoms with Crippen molar-refractivity contribution in [3.8, 4) is 0 Å². The van der Waals surface area contributed by atoms with Crippen LogP contribution in [0, 0.1) is 0 Å². The Morgan fingerprint density at radius 1 is 1.67 bits per heavy atom. The van der Waals surface area contributed by atoms with E-state index in [4.69, 9.17) is 0 Å². The first-order chi connectivity index (χ1) is 5.62. The molecule has 12 heavy (non-hydrogen) atoms. The Labute approximate surface area is 83.1 Å². The molecule has 0 aromatic heterocycles. The van der Waals surface area contributed by atoms with Crippen LogP contribution in [0.15, 0.2) is 0 Å². The Bertz CT molecular complexity index is 162. The third kappa shape index (κ3) is 3.40. The van der Waals surface area contributed by atoms with E-state index >= 15 is 0 Å². The van der Waals surface area contributed by atoms with Crippen LogP contribution in [0.25, 0.3) is 0 Å². The second kappa shape index (κ2) is 4.56. The summed E-state index contributed by atoms with van der Waals surface area (Å²) in [6.07, 6.45) is 3.87. The predicted molar refractivity (Wildman–Crippen MR) is 57.9 cm³/mol.